The second-order valence-electron chi connectivity index (χ2n) is 7.18. The molecule has 1 atom stereocenters. The summed E-state index contributed by atoms with van der Waals surface area (Å²) in [5.74, 6) is 1.14. The normalized spacial score (nSPS) is 21.7. The Bertz CT molecular complexity index is 862. The summed E-state index contributed by atoms with van der Waals surface area (Å²) in [6.45, 7) is 1.86. The minimum atomic E-state index is -0.304. The maximum Gasteiger partial charge on any atom is 0.120 e. The molecule has 1 saturated heterocycles. The van der Waals surface area contributed by atoms with E-state index in [9.17, 15) is 5.11 Å². The van der Waals surface area contributed by atoms with Crippen molar-refractivity contribution in [3.8, 4) is 11.5 Å². The number of rotatable bonds is 3. The third-order valence-corrected chi connectivity index (χ3v) is 5.88. The average Bonchev–Trinajstić information content (AvgIpc) is 2.70. The average molecular weight is 430 g/mol. The quantitative estimate of drug-likeness (QED) is 0.694. The van der Waals surface area contributed by atoms with Crippen LogP contribution in [0.3, 0.4) is 0 Å². The number of benzene rings is 2. The lowest BCUT2D eigenvalue weighted by molar-refractivity contribution is 0.216. The molecule has 1 spiro atoms. The van der Waals surface area contributed by atoms with Crippen molar-refractivity contribution in [3.63, 3.8) is 0 Å². The van der Waals surface area contributed by atoms with Gasteiger partial charge in [-0.15, -0.1) is 0 Å². The smallest absolute Gasteiger partial charge is 0.120 e. The Hall–Kier alpha value is -1.89. The molecule has 2 aliphatic rings. The van der Waals surface area contributed by atoms with Gasteiger partial charge in [-0.05, 0) is 61.8 Å². The monoisotopic (exact) mass is 429 g/mol. The number of methoxy groups -OCH3 is 1. The van der Waals surface area contributed by atoms with Crippen LogP contribution in [-0.4, -0.2) is 36.7 Å². The van der Waals surface area contributed by atoms with E-state index in [-0.39, 0.29) is 11.7 Å². The molecule has 0 aliphatic carbocycles. The van der Waals surface area contributed by atoms with Crippen molar-refractivity contribution in [3.05, 3.63) is 58.1 Å². The van der Waals surface area contributed by atoms with Crippen molar-refractivity contribution in [2.45, 2.75) is 31.0 Å². The molecule has 27 heavy (non-hydrogen) atoms. The van der Waals surface area contributed by atoms with E-state index in [2.05, 4.69) is 32.6 Å². The fraction of sp³-hybridized carbons (Fsp3) is 0.381. The Morgan fingerprint density at radius 2 is 2.00 bits per heavy atom. The van der Waals surface area contributed by atoms with E-state index in [4.69, 9.17) is 9.73 Å². The Kier molecular flexibility index (Phi) is 5.21. The fourth-order valence-electron chi connectivity index (χ4n) is 3.98. The highest BCUT2D eigenvalue weighted by molar-refractivity contribution is 9.10. The van der Waals surface area contributed by atoms with Gasteiger partial charge in [0.05, 0.1) is 7.11 Å². The molecule has 3 N–H and O–H groups in total. The molecule has 0 unspecified atom stereocenters. The van der Waals surface area contributed by atoms with Gasteiger partial charge in [-0.1, -0.05) is 28.1 Å². The molecule has 2 aliphatic heterocycles. The van der Waals surface area contributed by atoms with Gasteiger partial charge >= 0.3 is 0 Å². The summed E-state index contributed by atoms with van der Waals surface area (Å²) < 4.78 is 6.36. The Labute approximate surface area is 168 Å². The number of ether oxygens (including phenoxy) is 1. The lowest BCUT2D eigenvalue weighted by Gasteiger charge is -2.42. The van der Waals surface area contributed by atoms with Gasteiger partial charge in [0, 0.05) is 28.2 Å². The molecule has 2 heterocycles. The van der Waals surface area contributed by atoms with Gasteiger partial charge in [0.1, 0.15) is 17.2 Å². The topological polar surface area (TPSA) is 65.9 Å². The number of halogens is 1. The summed E-state index contributed by atoms with van der Waals surface area (Å²) >= 11 is 3.53. The first-order valence-corrected chi connectivity index (χ1v) is 10.1. The molecule has 0 radical (unpaired) electrons. The molecule has 0 aromatic heterocycles. The molecule has 5 nitrogen and oxygen atoms in total. The number of aliphatic imine (C=N–C) groups is 1. The van der Waals surface area contributed by atoms with Crippen LogP contribution >= 0.6 is 15.9 Å². The van der Waals surface area contributed by atoms with E-state index < -0.39 is 0 Å². The van der Waals surface area contributed by atoms with E-state index in [1.165, 1.54) is 0 Å². The molecule has 2 aromatic carbocycles. The summed E-state index contributed by atoms with van der Waals surface area (Å²) in [6, 6.07) is 13.7. The van der Waals surface area contributed by atoms with E-state index in [1.807, 2.05) is 30.3 Å². The first-order chi connectivity index (χ1) is 13.1. The van der Waals surface area contributed by atoms with Crippen LogP contribution in [0.5, 0.6) is 11.5 Å². The molecule has 0 saturated carbocycles. The zero-order valence-corrected chi connectivity index (χ0v) is 16.9. The number of hydrogen-bond acceptors (Lipinski definition) is 5. The van der Waals surface area contributed by atoms with Crippen LogP contribution in [0, 0.1) is 0 Å². The number of piperidine rings is 1. The van der Waals surface area contributed by atoms with Gasteiger partial charge in [0.15, 0.2) is 0 Å². The molecule has 0 bridgehead atoms. The SMILES string of the molecule is COc1cccc(C2=NC3(CCNCC3)N[C@@H](c3cc(Br)ccc3O)C2)c1. The van der Waals surface area contributed by atoms with Crippen LogP contribution in [0.15, 0.2) is 51.9 Å². The molecule has 0 amide bonds. The maximum absolute atomic E-state index is 10.5. The molecule has 2 aromatic rings. The summed E-state index contributed by atoms with van der Waals surface area (Å²) in [5.41, 5.74) is 2.73. The van der Waals surface area contributed by atoms with Crippen LogP contribution in [-0.2, 0) is 0 Å². The van der Waals surface area contributed by atoms with E-state index >= 15 is 0 Å². The van der Waals surface area contributed by atoms with Gasteiger partial charge in [-0.25, -0.2) is 0 Å². The van der Waals surface area contributed by atoms with Crippen molar-refractivity contribution in [1.29, 1.82) is 0 Å². The van der Waals surface area contributed by atoms with Crippen molar-refractivity contribution in [1.82, 2.24) is 10.6 Å². The third-order valence-electron chi connectivity index (χ3n) is 5.39. The van der Waals surface area contributed by atoms with Crippen molar-refractivity contribution >= 4 is 21.6 Å². The highest BCUT2D eigenvalue weighted by Gasteiger charge is 2.39. The zero-order chi connectivity index (χ0) is 18.9. The van der Waals surface area contributed by atoms with Crippen LogP contribution in [0.1, 0.15) is 36.4 Å². The van der Waals surface area contributed by atoms with Gasteiger partial charge in [0.25, 0.3) is 0 Å². The predicted molar refractivity (Wildman–Crippen MR) is 111 cm³/mol. The van der Waals surface area contributed by atoms with Crippen LogP contribution in [0.2, 0.25) is 0 Å². The molecule has 6 heteroatoms. The Balaban J connectivity index is 1.76. The minimum Gasteiger partial charge on any atom is -0.508 e. The predicted octanol–water partition coefficient (Wildman–Crippen LogP) is 3.77. The zero-order valence-electron chi connectivity index (χ0n) is 15.3. The minimum absolute atomic E-state index is 0.000647. The molecule has 142 valence electrons. The number of nitrogens with zero attached hydrogens (tertiary/aromatic N) is 1. The molecule has 1 fully saturated rings. The summed E-state index contributed by atoms with van der Waals surface area (Å²) in [5, 5.41) is 17.6. The van der Waals surface area contributed by atoms with Crippen LogP contribution in [0.4, 0.5) is 0 Å². The second-order valence-corrected chi connectivity index (χ2v) is 8.09. The summed E-state index contributed by atoms with van der Waals surface area (Å²) in [6.07, 6.45) is 2.56. The maximum atomic E-state index is 10.5. The van der Waals surface area contributed by atoms with Crippen molar-refractivity contribution < 1.29 is 9.84 Å². The Morgan fingerprint density at radius 1 is 1.19 bits per heavy atom. The third kappa shape index (κ3) is 3.88. The lowest BCUT2D eigenvalue weighted by atomic mass is 9.88. The first-order valence-electron chi connectivity index (χ1n) is 9.28. The molecular formula is C21H24BrN3O2. The summed E-state index contributed by atoms with van der Waals surface area (Å²) in [4.78, 5) is 5.16. The largest absolute Gasteiger partial charge is 0.508 e. The fourth-order valence-corrected chi connectivity index (χ4v) is 4.36. The highest BCUT2D eigenvalue weighted by Crippen LogP contribution is 2.37. The number of aromatic hydroxyl groups is 1. The Morgan fingerprint density at radius 3 is 2.78 bits per heavy atom. The van der Waals surface area contributed by atoms with E-state index in [1.54, 1.807) is 13.2 Å². The molecule has 4 rings (SSSR count). The highest BCUT2D eigenvalue weighted by atomic mass is 79.9. The van der Waals surface area contributed by atoms with Crippen molar-refractivity contribution in [2.75, 3.05) is 20.2 Å². The summed E-state index contributed by atoms with van der Waals surface area (Å²) in [7, 11) is 1.68. The number of phenolic OH excluding ortho intramolecular Hbond substituents is 1. The van der Waals surface area contributed by atoms with E-state index in [0.717, 1.165) is 53.0 Å². The van der Waals surface area contributed by atoms with Crippen LogP contribution < -0.4 is 15.4 Å². The van der Waals surface area contributed by atoms with Gasteiger partial charge in [-0.3, -0.25) is 10.3 Å². The van der Waals surface area contributed by atoms with Gasteiger partial charge in [-0.2, -0.15) is 0 Å². The van der Waals surface area contributed by atoms with Crippen LogP contribution in [0.25, 0.3) is 0 Å². The van der Waals surface area contributed by atoms with Gasteiger partial charge in [0.2, 0.25) is 0 Å². The van der Waals surface area contributed by atoms with Crippen molar-refractivity contribution in [2.24, 2.45) is 4.99 Å². The number of nitrogens with one attached hydrogen (secondary N) is 2. The number of hydrogen-bond donors (Lipinski definition) is 3. The van der Waals surface area contributed by atoms with Gasteiger partial charge < -0.3 is 15.2 Å². The second kappa shape index (κ2) is 7.62. The number of phenols is 1. The first kappa shape index (κ1) is 18.5. The van der Waals surface area contributed by atoms with E-state index in [0.29, 0.717) is 12.2 Å². The molecular weight excluding hydrogens is 406 g/mol. The standard InChI is InChI=1S/C21H24BrN3O2/c1-27-16-4-2-3-14(11-16)18-13-19(17-12-15(22)5-6-20(17)26)25-21(24-18)7-9-23-10-8-21/h2-6,11-12,19,23,25-26H,7-10,13H2,1H3/t19-/m1/s1. The lowest BCUT2D eigenvalue weighted by Crippen LogP contribution is -2.55.